The molecule has 0 bridgehead atoms. The Labute approximate surface area is 115 Å². The van der Waals surface area contributed by atoms with Gasteiger partial charge in [0.05, 0.1) is 24.4 Å². The number of aliphatic hydroxyl groups is 1. The number of thiophene rings is 1. The average molecular weight is 280 g/mol. The molecule has 5 nitrogen and oxygen atoms in total. The third-order valence-corrected chi connectivity index (χ3v) is 4.60. The zero-order chi connectivity index (χ0) is 13.4. The number of rotatable bonds is 3. The molecule has 0 unspecified atom stereocenters. The van der Waals surface area contributed by atoms with Crippen LogP contribution in [-0.2, 0) is 9.59 Å². The number of carbonyl (C=O) groups is 2. The number of amides is 2. The van der Waals surface area contributed by atoms with Gasteiger partial charge in [0.15, 0.2) is 0 Å². The van der Waals surface area contributed by atoms with E-state index in [0.717, 1.165) is 12.1 Å². The second-order valence-electron chi connectivity index (χ2n) is 4.93. The van der Waals surface area contributed by atoms with Crippen molar-refractivity contribution in [2.45, 2.75) is 31.3 Å². The van der Waals surface area contributed by atoms with Crippen LogP contribution in [0, 0.1) is 0 Å². The van der Waals surface area contributed by atoms with Gasteiger partial charge in [0.1, 0.15) is 0 Å². The van der Waals surface area contributed by atoms with Gasteiger partial charge in [-0.1, -0.05) is 0 Å². The molecule has 2 amide bonds. The van der Waals surface area contributed by atoms with E-state index in [0.29, 0.717) is 13.0 Å². The van der Waals surface area contributed by atoms with Crippen LogP contribution in [0.4, 0.5) is 5.69 Å². The zero-order valence-corrected chi connectivity index (χ0v) is 11.3. The van der Waals surface area contributed by atoms with Crippen molar-refractivity contribution in [2.24, 2.45) is 0 Å². The molecule has 0 aliphatic carbocycles. The molecule has 0 saturated carbocycles. The van der Waals surface area contributed by atoms with E-state index in [-0.39, 0.29) is 36.9 Å². The lowest BCUT2D eigenvalue weighted by Gasteiger charge is -2.24. The Morgan fingerprint density at radius 2 is 2.32 bits per heavy atom. The molecule has 1 aromatic rings. The van der Waals surface area contributed by atoms with Gasteiger partial charge in [0.2, 0.25) is 11.8 Å². The van der Waals surface area contributed by atoms with Crippen LogP contribution in [0.2, 0.25) is 0 Å². The summed E-state index contributed by atoms with van der Waals surface area (Å²) in [5, 5.41) is 12.8. The summed E-state index contributed by atoms with van der Waals surface area (Å²) < 4.78 is 0. The Morgan fingerprint density at radius 3 is 3.00 bits per heavy atom. The van der Waals surface area contributed by atoms with E-state index in [9.17, 15) is 9.59 Å². The van der Waals surface area contributed by atoms with Crippen LogP contribution in [0.5, 0.6) is 0 Å². The first-order chi connectivity index (χ1) is 9.22. The summed E-state index contributed by atoms with van der Waals surface area (Å²) in [7, 11) is 0. The summed E-state index contributed by atoms with van der Waals surface area (Å²) in [5.74, 6) is 0.0462. The van der Waals surface area contributed by atoms with Crippen LogP contribution in [0.25, 0.3) is 0 Å². The topological polar surface area (TPSA) is 60.9 Å². The predicted octanol–water partition coefficient (Wildman–Crippen LogP) is 0.837. The third kappa shape index (κ3) is 2.04. The molecule has 102 valence electrons. The molecule has 0 aromatic carbocycles. The number of likely N-dealkylation sites (tertiary alicyclic amines) is 1. The third-order valence-electron chi connectivity index (χ3n) is 3.92. The van der Waals surface area contributed by atoms with Crippen molar-refractivity contribution in [2.75, 3.05) is 18.1 Å². The van der Waals surface area contributed by atoms with E-state index in [2.05, 4.69) is 0 Å². The van der Waals surface area contributed by atoms with Gasteiger partial charge in [-0.15, -0.1) is 0 Å². The minimum absolute atomic E-state index is 0.0218. The molecular weight excluding hydrogens is 264 g/mol. The lowest BCUT2D eigenvalue weighted by atomic mass is 10.1. The molecule has 19 heavy (non-hydrogen) atoms. The van der Waals surface area contributed by atoms with Crippen molar-refractivity contribution in [1.82, 2.24) is 4.90 Å². The molecule has 2 fully saturated rings. The van der Waals surface area contributed by atoms with Crippen LogP contribution >= 0.6 is 11.3 Å². The van der Waals surface area contributed by atoms with Gasteiger partial charge in [0, 0.05) is 24.8 Å². The van der Waals surface area contributed by atoms with Crippen LogP contribution in [0.3, 0.4) is 0 Å². The second kappa shape index (κ2) is 4.94. The molecule has 1 N–H and O–H groups in total. The van der Waals surface area contributed by atoms with Crippen molar-refractivity contribution in [3.05, 3.63) is 16.8 Å². The zero-order valence-electron chi connectivity index (χ0n) is 10.5. The fraction of sp³-hybridized carbons (Fsp3) is 0.538. The highest BCUT2D eigenvalue weighted by Gasteiger charge is 2.48. The average Bonchev–Trinajstić information content (AvgIpc) is 3.04. The highest BCUT2D eigenvalue weighted by molar-refractivity contribution is 7.08. The Bertz CT molecular complexity index is 488. The monoisotopic (exact) mass is 280 g/mol. The maximum atomic E-state index is 12.2. The maximum Gasteiger partial charge on any atom is 0.229 e. The minimum Gasteiger partial charge on any atom is -0.396 e. The number of nitrogens with zero attached hydrogens (tertiary/aromatic N) is 2. The molecule has 2 atom stereocenters. The van der Waals surface area contributed by atoms with E-state index >= 15 is 0 Å². The van der Waals surface area contributed by atoms with Crippen LogP contribution in [0.15, 0.2) is 16.8 Å². The van der Waals surface area contributed by atoms with Crippen molar-refractivity contribution in [1.29, 1.82) is 0 Å². The predicted molar refractivity (Wildman–Crippen MR) is 72.0 cm³/mol. The molecule has 6 heteroatoms. The number of hydrogen-bond donors (Lipinski definition) is 1. The molecule has 2 aliphatic heterocycles. The Morgan fingerprint density at radius 1 is 1.47 bits per heavy atom. The number of anilines is 1. The van der Waals surface area contributed by atoms with Gasteiger partial charge in [-0.2, -0.15) is 11.3 Å². The maximum absolute atomic E-state index is 12.2. The fourth-order valence-corrected chi connectivity index (χ4v) is 3.75. The summed E-state index contributed by atoms with van der Waals surface area (Å²) in [4.78, 5) is 27.7. The summed E-state index contributed by atoms with van der Waals surface area (Å²) in [5.41, 5.74) is 0.943. The van der Waals surface area contributed by atoms with Gasteiger partial charge in [0.25, 0.3) is 0 Å². The highest BCUT2D eigenvalue weighted by atomic mass is 32.1. The quantitative estimate of drug-likeness (QED) is 0.892. The van der Waals surface area contributed by atoms with Gasteiger partial charge in [-0.3, -0.25) is 9.59 Å². The summed E-state index contributed by atoms with van der Waals surface area (Å²) in [6.45, 7) is 0.553. The standard InChI is InChI=1S/C13H16N2O3S/c16-5-2-12(17)14-4-1-10-11(14)7-13(18)15(10)9-3-6-19-8-9/h3,6,8,10-11,16H,1-2,4-5,7H2/t10-,11+/m0/s1. The number of aliphatic hydroxyl groups excluding tert-OH is 1. The Hall–Kier alpha value is -1.40. The largest absolute Gasteiger partial charge is 0.396 e. The van der Waals surface area contributed by atoms with Gasteiger partial charge >= 0.3 is 0 Å². The fourth-order valence-electron chi connectivity index (χ4n) is 3.13. The van der Waals surface area contributed by atoms with E-state index < -0.39 is 0 Å². The van der Waals surface area contributed by atoms with E-state index in [4.69, 9.17) is 5.11 Å². The van der Waals surface area contributed by atoms with Crippen LogP contribution in [0.1, 0.15) is 19.3 Å². The Balaban J connectivity index is 1.80. The van der Waals surface area contributed by atoms with Gasteiger partial charge in [-0.05, 0) is 17.9 Å². The smallest absolute Gasteiger partial charge is 0.229 e. The number of carbonyl (C=O) groups excluding carboxylic acids is 2. The Kier molecular flexibility index (Phi) is 3.28. The highest BCUT2D eigenvalue weighted by Crippen LogP contribution is 2.36. The van der Waals surface area contributed by atoms with Crippen molar-refractivity contribution in [3.63, 3.8) is 0 Å². The van der Waals surface area contributed by atoms with E-state index in [1.165, 1.54) is 0 Å². The summed E-state index contributed by atoms with van der Waals surface area (Å²) >= 11 is 1.57. The molecule has 3 heterocycles. The van der Waals surface area contributed by atoms with E-state index in [1.807, 2.05) is 21.7 Å². The number of hydrogen-bond acceptors (Lipinski definition) is 4. The molecule has 0 spiro atoms. The van der Waals surface area contributed by atoms with Gasteiger partial charge < -0.3 is 14.9 Å². The molecular formula is C13H16N2O3S. The minimum atomic E-state index is -0.130. The first-order valence-electron chi connectivity index (χ1n) is 6.47. The van der Waals surface area contributed by atoms with Crippen molar-refractivity contribution in [3.8, 4) is 0 Å². The normalized spacial score (nSPS) is 26.1. The lowest BCUT2D eigenvalue weighted by Crippen LogP contribution is -2.40. The van der Waals surface area contributed by atoms with Crippen LogP contribution in [-0.4, -0.2) is 47.1 Å². The molecule has 2 saturated heterocycles. The number of fused-ring (bicyclic) bond motifs is 1. The lowest BCUT2D eigenvalue weighted by molar-refractivity contribution is -0.132. The van der Waals surface area contributed by atoms with Crippen molar-refractivity contribution >= 4 is 28.8 Å². The molecule has 3 rings (SSSR count). The summed E-state index contributed by atoms with van der Waals surface area (Å²) in [6.07, 6.45) is 1.37. The first-order valence-corrected chi connectivity index (χ1v) is 7.41. The second-order valence-corrected chi connectivity index (χ2v) is 5.71. The summed E-state index contributed by atoms with van der Waals surface area (Å²) in [6, 6.07) is 2.03. The molecule has 1 aromatic heterocycles. The SMILES string of the molecule is O=C(CCO)N1CC[C@H]2[C@H]1CC(=O)N2c1ccsc1. The van der Waals surface area contributed by atoms with Crippen LogP contribution < -0.4 is 4.90 Å². The van der Waals surface area contributed by atoms with E-state index in [1.54, 1.807) is 16.2 Å². The molecule has 2 aliphatic rings. The first kappa shape index (κ1) is 12.6. The molecule has 0 radical (unpaired) electrons. The van der Waals surface area contributed by atoms with Crippen molar-refractivity contribution < 1.29 is 14.7 Å². The van der Waals surface area contributed by atoms with Gasteiger partial charge in [-0.25, -0.2) is 0 Å².